The molecule has 14 heavy (non-hydrogen) atoms. The van der Waals surface area contributed by atoms with Crippen LogP contribution in [0.4, 0.5) is 0 Å². The Balaban J connectivity index is 0.000000203. The molecule has 1 aliphatic carbocycles. The number of hydrogen-bond acceptors (Lipinski definition) is 2. The highest BCUT2D eigenvalue weighted by molar-refractivity contribution is 5.89. The summed E-state index contributed by atoms with van der Waals surface area (Å²) in [6.45, 7) is 2.28. The smallest absolute Gasteiger partial charge is 0.337 e. The molecule has 2 rings (SSSR count). The monoisotopic (exact) mass is 192 g/mol. The molecule has 1 aliphatic rings. The van der Waals surface area contributed by atoms with Crippen LogP contribution in [-0.2, 0) is 4.74 Å². The van der Waals surface area contributed by atoms with Gasteiger partial charge in [0, 0.05) is 0 Å². The van der Waals surface area contributed by atoms with Gasteiger partial charge in [0.15, 0.2) is 0 Å². The van der Waals surface area contributed by atoms with E-state index in [-0.39, 0.29) is 5.97 Å². The largest absolute Gasteiger partial charge is 0.465 e. The van der Waals surface area contributed by atoms with Gasteiger partial charge in [-0.3, -0.25) is 0 Å². The lowest BCUT2D eigenvalue weighted by atomic mass is 10.2. The van der Waals surface area contributed by atoms with Crippen LogP contribution in [0, 0.1) is 5.92 Å². The Morgan fingerprint density at radius 1 is 1.29 bits per heavy atom. The molecule has 1 aromatic rings. The summed E-state index contributed by atoms with van der Waals surface area (Å²) < 4.78 is 4.50. The van der Waals surface area contributed by atoms with E-state index in [1.807, 2.05) is 6.07 Å². The topological polar surface area (TPSA) is 26.3 Å². The van der Waals surface area contributed by atoms with Crippen LogP contribution in [0.3, 0.4) is 0 Å². The molecule has 0 saturated heterocycles. The van der Waals surface area contributed by atoms with Gasteiger partial charge in [0.25, 0.3) is 0 Å². The standard InChI is InChI=1S/C8H8O2.C4H8/c1-10-8(9)7-5-3-2-4-6-7;1-4-2-3-4/h2-6H,1H3;4H,2-3H2,1H3. The number of rotatable bonds is 1. The minimum absolute atomic E-state index is 0.291. The lowest BCUT2D eigenvalue weighted by molar-refractivity contribution is 0.0601. The van der Waals surface area contributed by atoms with Crippen molar-refractivity contribution in [2.24, 2.45) is 5.92 Å². The maximum absolute atomic E-state index is 10.8. The van der Waals surface area contributed by atoms with Crippen LogP contribution in [0.2, 0.25) is 0 Å². The number of benzene rings is 1. The van der Waals surface area contributed by atoms with Crippen molar-refractivity contribution < 1.29 is 9.53 Å². The molecule has 2 heteroatoms. The van der Waals surface area contributed by atoms with Crippen LogP contribution in [0.15, 0.2) is 30.3 Å². The Bertz CT molecular complexity index is 276. The van der Waals surface area contributed by atoms with Crippen molar-refractivity contribution in [1.82, 2.24) is 0 Å². The fraction of sp³-hybridized carbons (Fsp3) is 0.417. The zero-order valence-electron chi connectivity index (χ0n) is 8.69. The molecular weight excluding hydrogens is 176 g/mol. The summed E-state index contributed by atoms with van der Waals surface area (Å²) in [5.74, 6) is 0.792. The Labute approximate surface area is 84.9 Å². The van der Waals surface area contributed by atoms with E-state index >= 15 is 0 Å². The number of hydrogen-bond donors (Lipinski definition) is 0. The van der Waals surface area contributed by atoms with Crippen LogP contribution in [0.5, 0.6) is 0 Å². The summed E-state index contributed by atoms with van der Waals surface area (Å²) in [6, 6.07) is 8.88. The Morgan fingerprint density at radius 3 is 2.14 bits per heavy atom. The minimum atomic E-state index is -0.291. The fourth-order valence-corrected chi connectivity index (χ4v) is 0.859. The molecule has 0 heterocycles. The normalized spacial score (nSPS) is 13.9. The van der Waals surface area contributed by atoms with Crippen molar-refractivity contribution in [3.05, 3.63) is 35.9 Å². The van der Waals surface area contributed by atoms with E-state index in [1.54, 1.807) is 24.3 Å². The van der Waals surface area contributed by atoms with Gasteiger partial charge in [-0.1, -0.05) is 38.0 Å². The predicted octanol–water partition coefficient (Wildman–Crippen LogP) is 2.89. The molecule has 0 aliphatic heterocycles. The molecule has 0 unspecified atom stereocenters. The van der Waals surface area contributed by atoms with Crippen LogP contribution in [0.25, 0.3) is 0 Å². The first-order chi connectivity index (χ1) is 6.74. The summed E-state index contributed by atoms with van der Waals surface area (Å²) in [7, 11) is 1.37. The maximum Gasteiger partial charge on any atom is 0.337 e. The molecule has 0 spiro atoms. The molecule has 1 fully saturated rings. The van der Waals surface area contributed by atoms with Gasteiger partial charge in [0.2, 0.25) is 0 Å². The third-order valence-corrected chi connectivity index (χ3v) is 2.06. The van der Waals surface area contributed by atoms with Gasteiger partial charge in [0.1, 0.15) is 0 Å². The molecule has 1 saturated carbocycles. The van der Waals surface area contributed by atoms with Gasteiger partial charge < -0.3 is 4.74 Å². The second-order valence-corrected chi connectivity index (χ2v) is 3.54. The summed E-state index contributed by atoms with van der Waals surface area (Å²) in [5, 5.41) is 0. The fourth-order valence-electron chi connectivity index (χ4n) is 0.859. The molecule has 0 N–H and O–H groups in total. The van der Waals surface area contributed by atoms with E-state index in [9.17, 15) is 4.79 Å². The number of methoxy groups -OCH3 is 1. The Kier molecular flexibility index (Phi) is 4.17. The van der Waals surface area contributed by atoms with Gasteiger partial charge in [-0.15, -0.1) is 0 Å². The second-order valence-electron chi connectivity index (χ2n) is 3.54. The van der Waals surface area contributed by atoms with E-state index in [1.165, 1.54) is 20.0 Å². The minimum Gasteiger partial charge on any atom is -0.465 e. The number of esters is 1. The van der Waals surface area contributed by atoms with Gasteiger partial charge in [0.05, 0.1) is 12.7 Å². The van der Waals surface area contributed by atoms with Crippen molar-refractivity contribution in [2.45, 2.75) is 19.8 Å². The summed E-state index contributed by atoms with van der Waals surface area (Å²) in [4.78, 5) is 10.8. The Hall–Kier alpha value is -1.31. The summed E-state index contributed by atoms with van der Waals surface area (Å²) in [5.41, 5.74) is 0.588. The highest BCUT2D eigenvalue weighted by atomic mass is 16.5. The molecule has 0 aromatic heterocycles. The highest BCUT2D eigenvalue weighted by Crippen LogP contribution is 2.26. The maximum atomic E-state index is 10.8. The molecule has 0 amide bonds. The van der Waals surface area contributed by atoms with Gasteiger partial charge in [-0.2, -0.15) is 0 Å². The van der Waals surface area contributed by atoms with E-state index in [2.05, 4.69) is 11.7 Å². The van der Waals surface area contributed by atoms with Crippen LogP contribution >= 0.6 is 0 Å². The van der Waals surface area contributed by atoms with Gasteiger partial charge in [-0.05, 0) is 18.1 Å². The molecule has 0 atom stereocenters. The Morgan fingerprint density at radius 2 is 1.79 bits per heavy atom. The van der Waals surface area contributed by atoms with Gasteiger partial charge in [-0.25, -0.2) is 4.79 Å². The molecule has 2 nitrogen and oxygen atoms in total. The molecule has 1 aromatic carbocycles. The first kappa shape index (κ1) is 10.8. The van der Waals surface area contributed by atoms with Crippen molar-refractivity contribution >= 4 is 5.97 Å². The first-order valence-corrected chi connectivity index (χ1v) is 4.87. The second kappa shape index (κ2) is 5.43. The van der Waals surface area contributed by atoms with E-state index in [4.69, 9.17) is 0 Å². The average molecular weight is 192 g/mol. The average Bonchev–Trinajstić information content (AvgIpc) is 3.02. The SMILES string of the molecule is CC1CC1.COC(=O)c1ccccc1. The first-order valence-electron chi connectivity index (χ1n) is 4.87. The lowest BCUT2D eigenvalue weighted by Gasteiger charge is -1.95. The van der Waals surface area contributed by atoms with Crippen molar-refractivity contribution in [3.63, 3.8) is 0 Å². The van der Waals surface area contributed by atoms with Crippen LogP contribution in [0.1, 0.15) is 30.1 Å². The summed E-state index contributed by atoms with van der Waals surface area (Å²) >= 11 is 0. The van der Waals surface area contributed by atoms with Crippen molar-refractivity contribution in [2.75, 3.05) is 7.11 Å². The lowest BCUT2D eigenvalue weighted by Crippen LogP contribution is -1.99. The van der Waals surface area contributed by atoms with E-state index < -0.39 is 0 Å². The van der Waals surface area contributed by atoms with Crippen molar-refractivity contribution in [3.8, 4) is 0 Å². The zero-order valence-corrected chi connectivity index (χ0v) is 8.69. The third kappa shape index (κ3) is 4.08. The quantitative estimate of drug-likeness (QED) is 0.639. The number of ether oxygens (including phenoxy) is 1. The summed E-state index contributed by atoms with van der Waals surface area (Å²) in [6.07, 6.45) is 2.97. The van der Waals surface area contributed by atoms with Crippen LogP contribution in [-0.4, -0.2) is 13.1 Å². The number of carbonyl (C=O) groups excluding carboxylic acids is 1. The molecular formula is C12H16O2. The van der Waals surface area contributed by atoms with E-state index in [0.29, 0.717) is 5.56 Å². The van der Waals surface area contributed by atoms with E-state index in [0.717, 1.165) is 5.92 Å². The molecule has 0 radical (unpaired) electrons. The molecule has 0 bridgehead atoms. The zero-order chi connectivity index (χ0) is 10.4. The predicted molar refractivity (Wildman–Crippen MR) is 56.2 cm³/mol. The molecule has 76 valence electrons. The van der Waals surface area contributed by atoms with Crippen LogP contribution < -0.4 is 0 Å². The highest BCUT2D eigenvalue weighted by Gasteiger charge is 2.12. The number of carbonyl (C=O) groups is 1. The third-order valence-electron chi connectivity index (χ3n) is 2.06. The van der Waals surface area contributed by atoms with Gasteiger partial charge >= 0.3 is 5.97 Å². The van der Waals surface area contributed by atoms with Crippen molar-refractivity contribution in [1.29, 1.82) is 0 Å².